The third-order valence-electron chi connectivity index (χ3n) is 6.76. The zero-order valence-corrected chi connectivity index (χ0v) is 17.6. The Labute approximate surface area is 180 Å². The number of likely N-dealkylation sites (tertiary alicyclic amines) is 1. The minimum atomic E-state index is -0.278. The Morgan fingerprint density at radius 2 is 1.74 bits per heavy atom. The first-order valence-corrected chi connectivity index (χ1v) is 10.6. The molecule has 31 heavy (non-hydrogen) atoms. The van der Waals surface area contributed by atoms with E-state index >= 15 is 0 Å². The van der Waals surface area contributed by atoms with E-state index in [4.69, 9.17) is 4.74 Å². The van der Waals surface area contributed by atoms with Gasteiger partial charge in [-0.3, -0.25) is 14.4 Å². The molecule has 2 heterocycles. The van der Waals surface area contributed by atoms with Crippen LogP contribution in [0.5, 0.6) is 5.75 Å². The monoisotopic (exact) mass is 419 g/mol. The quantitative estimate of drug-likeness (QED) is 0.791. The van der Waals surface area contributed by atoms with E-state index < -0.39 is 0 Å². The van der Waals surface area contributed by atoms with Gasteiger partial charge in [0.25, 0.3) is 11.8 Å². The van der Waals surface area contributed by atoms with Crippen LogP contribution in [0.4, 0.5) is 0 Å². The molecule has 7 nitrogen and oxygen atoms in total. The molecule has 5 rings (SSSR count). The fourth-order valence-electron chi connectivity index (χ4n) is 4.96. The number of carbonyl (C=O) groups is 3. The molecule has 1 saturated heterocycles. The lowest BCUT2D eigenvalue weighted by atomic mass is 9.90. The first kappa shape index (κ1) is 19.6. The van der Waals surface area contributed by atoms with Crippen molar-refractivity contribution in [1.29, 1.82) is 0 Å². The average Bonchev–Trinajstić information content (AvgIpc) is 3.15. The largest absolute Gasteiger partial charge is 0.491 e. The Balaban J connectivity index is 1.41. The number of nitrogens with one attached hydrogen (secondary N) is 2. The summed E-state index contributed by atoms with van der Waals surface area (Å²) in [5, 5.41) is 5.76. The van der Waals surface area contributed by atoms with Gasteiger partial charge in [0.2, 0.25) is 5.91 Å². The summed E-state index contributed by atoms with van der Waals surface area (Å²) in [6.45, 7) is 3.40. The number of hydrogen-bond acceptors (Lipinski definition) is 4. The fourth-order valence-corrected chi connectivity index (χ4v) is 4.96. The normalized spacial score (nSPS) is 25.3. The minimum absolute atomic E-state index is 0.0308. The van der Waals surface area contributed by atoms with E-state index in [1.54, 1.807) is 20.0 Å². The van der Waals surface area contributed by atoms with Gasteiger partial charge in [-0.1, -0.05) is 30.3 Å². The highest BCUT2D eigenvalue weighted by Gasteiger charge is 2.57. The summed E-state index contributed by atoms with van der Waals surface area (Å²) in [7, 11) is 1.57. The van der Waals surface area contributed by atoms with Crippen LogP contribution in [0, 0.1) is 11.8 Å². The molecule has 4 atom stereocenters. The molecule has 2 aromatic carbocycles. The van der Waals surface area contributed by atoms with Gasteiger partial charge in [-0.25, -0.2) is 0 Å². The molecule has 0 spiro atoms. The number of hydrogen-bond donors (Lipinski definition) is 2. The summed E-state index contributed by atoms with van der Waals surface area (Å²) in [5.74, 6) is 0.766. The smallest absolute Gasteiger partial charge is 0.254 e. The predicted octanol–water partition coefficient (Wildman–Crippen LogP) is 1.78. The number of nitrogens with zero attached hydrogens (tertiary/aromatic N) is 1. The van der Waals surface area contributed by atoms with Gasteiger partial charge in [-0.2, -0.15) is 0 Å². The van der Waals surface area contributed by atoms with Crippen molar-refractivity contribution in [3.05, 3.63) is 64.7 Å². The van der Waals surface area contributed by atoms with E-state index in [0.29, 0.717) is 48.4 Å². The maximum atomic E-state index is 13.1. The van der Waals surface area contributed by atoms with Gasteiger partial charge >= 0.3 is 0 Å². The van der Waals surface area contributed by atoms with Gasteiger partial charge in [0.05, 0.1) is 12.2 Å². The van der Waals surface area contributed by atoms with Gasteiger partial charge < -0.3 is 20.3 Å². The Morgan fingerprint density at radius 3 is 2.39 bits per heavy atom. The Hall–Kier alpha value is -3.35. The van der Waals surface area contributed by atoms with Crippen LogP contribution in [-0.2, 0) is 4.79 Å². The molecule has 2 fully saturated rings. The van der Waals surface area contributed by atoms with Crippen LogP contribution in [0.3, 0.4) is 0 Å². The standard InChI is InChI=1S/C24H25N3O4/c1-13(28)27-10-18-19(11-27)21(18)26-23(29)15-8-16-20(14-6-4-3-5-7-14)12-31-22(16)17(9-15)24(30)25-2/h3-9,18-21H,10-12H2,1-2H3,(H,25,30)(H,26,29)/t18-,19+,20?,21+. The van der Waals surface area contributed by atoms with Crippen LogP contribution in [-0.4, -0.2) is 55.4 Å². The highest BCUT2D eigenvalue weighted by molar-refractivity contribution is 6.02. The summed E-state index contributed by atoms with van der Waals surface area (Å²) >= 11 is 0. The second-order valence-electron chi connectivity index (χ2n) is 8.55. The Morgan fingerprint density at radius 1 is 1.03 bits per heavy atom. The summed E-state index contributed by atoms with van der Waals surface area (Å²) in [5.41, 5.74) is 2.78. The fraction of sp³-hybridized carbons (Fsp3) is 0.375. The van der Waals surface area contributed by atoms with Crippen molar-refractivity contribution in [2.45, 2.75) is 18.9 Å². The van der Waals surface area contributed by atoms with Crippen LogP contribution in [0.25, 0.3) is 0 Å². The molecule has 2 N–H and O–H groups in total. The first-order valence-electron chi connectivity index (χ1n) is 10.6. The molecule has 3 amide bonds. The topological polar surface area (TPSA) is 87.7 Å². The zero-order chi connectivity index (χ0) is 21.7. The SMILES string of the molecule is CNC(=O)c1cc(C(=O)N[C@H]2[C@@H]3CN(C(C)=O)C[C@@H]32)cc2c1OCC2c1ccccc1. The van der Waals surface area contributed by atoms with Crippen LogP contribution in [0.2, 0.25) is 0 Å². The molecule has 0 bridgehead atoms. The number of ether oxygens (including phenoxy) is 1. The highest BCUT2D eigenvalue weighted by Crippen LogP contribution is 2.46. The molecule has 3 aliphatic rings. The maximum absolute atomic E-state index is 13.1. The predicted molar refractivity (Wildman–Crippen MR) is 114 cm³/mol. The Bertz CT molecular complexity index is 1060. The van der Waals surface area contributed by atoms with E-state index in [2.05, 4.69) is 10.6 Å². The van der Waals surface area contributed by atoms with Crippen LogP contribution in [0.15, 0.2) is 42.5 Å². The first-order chi connectivity index (χ1) is 15.0. The maximum Gasteiger partial charge on any atom is 0.254 e. The van der Waals surface area contributed by atoms with Crippen molar-refractivity contribution in [1.82, 2.24) is 15.5 Å². The lowest BCUT2D eigenvalue weighted by Crippen LogP contribution is -2.36. The molecule has 160 valence electrons. The van der Waals surface area contributed by atoms with E-state index in [1.165, 1.54) is 0 Å². The molecule has 1 unspecified atom stereocenters. The second-order valence-corrected chi connectivity index (χ2v) is 8.55. The van der Waals surface area contributed by atoms with Gasteiger partial charge in [0, 0.05) is 62.0 Å². The summed E-state index contributed by atoms with van der Waals surface area (Å²) in [6, 6.07) is 13.5. The molecular formula is C24H25N3O4. The summed E-state index contributed by atoms with van der Waals surface area (Å²) < 4.78 is 5.91. The summed E-state index contributed by atoms with van der Waals surface area (Å²) in [4.78, 5) is 39.0. The molecule has 2 aromatic rings. The molecule has 0 radical (unpaired) electrons. The van der Waals surface area contributed by atoms with Crippen LogP contribution >= 0.6 is 0 Å². The third kappa shape index (κ3) is 3.34. The molecular weight excluding hydrogens is 394 g/mol. The van der Waals surface area contributed by atoms with Crippen LogP contribution < -0.4 is 15.4 Å². The van der Waals surface area contributed by atoms with Gasteiger partial charge in [0.1, 0.15) is 5.75 Å². The van der Waals surface area contributed by atoms with Crippen LogP contribution in [0.1, 0.15) is 44.7 Å². The van der Waals surface area contributed by atoms with Crippen molar-refractivity contribution in [3.63, 3.8) is 0 Å². The summed E-state index contributed by atoms with van der Waals surface area (Å²) in [6.07, 6.45) is 0. The van der Waals surface area contributed by atoms with E-state index in [1.807, 2.05) is 41.3 Å². The Kier molecular flexibility index (Phi) is 4.68. The number of amides is 3. The van der Waals surface area contributed by atoms with Crippen molar-refractivity contribution >= 4 is 17.7 Å². The van der Waals surface area contributed by atoms with Crippen molar-refractivity contribution in [2.75, 3.05) is 26.7 Å². The highest BCUT2D eigenvalue weighted by atomic mass is 16.5. The second kappa shape index (κ2) is 7.41. The van der Waals surface area contributed by atoms with Gasteiger partial charge in [0.15, 0.2) is 0 Å². The average molecular weight is 419 g/mol. The zero-order valence-electron chi connectivity index (χ0n) is 17.6. The molecule has 1 saturated carbocycles. The molecule has 1 aliphatic carbocycles. The third-order valence-corrected chi connectivity index (χ3v) is 6.76. The van der Waals surface area contributed by atoms with E-state index in [0.717, 1.165) is 11.1 Å². The van der Waals surface area contributed by atoms with Crippen molar-refractivity contribution in [2.24, 2.45) is 11.8 Å². The van der Waals surface area contributed by atoms with Crippen molar-refractivity contribution < 1.29 is 19.1 Å². The number of piperidine rings is 1. The lowest BCUT2D eigenvalue weighted by Gasteiger charge is -2.18. The van der Waals surface area contributed by atoms with Gasteiger partial charge in [-0.15, -0.1) is 0 Å². The number of fused-ring (bicyclic) bond motifs is 2. The molecule has 0 aromatic heterocycles. The van der Waals surface area contributed by atoms with E-state index in [-0.39, 0.29) is 29.7 Å². The molecule has 2 aliphatic heterocycles. The van der Waals surface area contributed by atoms with Gasteiger partial charge in [-0.05, 0) is 17.7 Å². The number of rotatable bonds is 4. The van der Waals surface area contributed by atoms with E-state index in [9.17, 15) is 14.4 Å². The number of benzene rings is 2. The van der Waals surface area contributed by atoms with Crippen molar-refractivity contribution in [3.8, 4) is 5.75 Å². The minimum Gasteiger partial charge on any atom is -0.491 e. The lowest BCUT2D eigenvalue weighted by molar-refractivity contribution is -0.128. The number of carbonyl (C=O) groups excluding carboxylic acids is 3. The molecule has 7 heteroatoms.